The molecule has 1 aromatic heterocycles. The lowest BCUT2D eigenvalue weighted by atomic mass is 9.93. The van der Waals surface area contributed by atoms with E-state index in [0.29, 0.717) is 18.8 Å². The van der Waals surface area contributed by atoms with Crippen LogP contribution in [0.4, 0.5) is 0 Å². The summed E-state index contributed by atoms with van der Waals surface area (Å²) < 4.78 is 1.40. The zero-order valence-electron chi connectivity index (χ0n) is 12.9. The standard InChI is InChI=1S/C15H19N5O2/c1-14(2,3)18-10-15(11-18,20(21)22)19-9-13(16-17-19)12-7-5-4-6-8-12/h4-9H,10-11H2,1-3H3. The molecular formula is C15H19N5O2. The first-order valence-corrected chi connectivity index (χ1v) is 7.21. The van der Waals surface area contributed by atoms with Gasteiger partial charge in [-0.05, 0) is 20.8 Å². The molecule has 0 amide bonds. The molecule has 1 saturated heterocycles. The maximum atomic E-state index is 11.6. The van der Waals surface area contributed by atoms with Crippen molar-refractivity contribution in [1.82, 2.24) is 19.9 Å². The Morgan fingerprint density at radius 1 is 1.23 bits per heavy atom. The molecule has 1 fully saturated rings. The molecule has 0 atom stereocenters. The van der Waals surface area contributed by atoms with Gasteiger partial charge in [-0.2, -0.15) is 4.68 Å². The maximum Gasteiger partial charge on any atom is 0.340 e. The summed E-state index contributed by atoms with van der Waals surface area (Å²) in [5.41, 5.74) is 0.241. The quantitative estimate of drug-likeness (QED) is 0.640. The van der Waals surface area contributed by atoms with Gasteiger partial charge in [-0.3, -0.25) is 15.0 Å². The van der Waals surface area contributed by atoms with E-state index < -0.39 is 5.66 Å². The smallest absolute Gasteiger partial charge is 0.281 e. The first-order valence-electron chi connectivity index (χ1n) is 7.21. The van der Waals surface area contributed by atoms with Crippen LogP contribution in [0.25, 0.3) is 11.3 Å². The van der Waals surface area contributed by atoms with E-state index in [1.165, 1.54) is 4.68 Å². The van der Waals surface area contributed by atoms with Gasteiger partial charge in [0, 0.05) is 11.1 Å². The molecular weight excluding hydrogens is 282 g/mol. The average molecular weight is 301 g/mol. The van der Waals surface area contributed by atoms with Crippen LogP contribution in [-0.4, -0.2) is 43.4 Å². The summed E-state index contributed by atoms with van der Waals surface area (Å²) >= 11 is 0. The molecule has 7 nitrogen and oxygen atoms in total. The normalized spacial score (nSPS) is 18.0. The van der Waals surface area contributed by atoms with Crippen LogP contribution in [0.2, 0.25) is 0 Å². The molecule has 1 aromatic carbocycles. The summed E-state index contributed by atoms with van der Waals surface area (Å²) in [5.74, 6) is 0. The van der Waals surface area contributed by atoms with Crippen molar-refractivity contribution in [2.24, 2.45) is 0 Å². The SMILES string of the molecule is CC(C)(C)N1CC(n2cc(-c3ccccc3)nn2)([N+](=O)[O-])C1. The predicted octanol–water partition coefficient (Wildman–Crippen LogP) is 1.99. The monoisotopic (exact) mass is 301 g/mol. The van der Waals surface area contributed by atoms with Crippen molar-refractivity contribution in [3.05, 3.63) is 46.6 Å². The summed E-state index contributed by atoms with van der Waals surface area (Å²) in [4.78, 5) is 13.4. The Bertz CT molecular complexity index is 683. The summed E-state index contributed by atoms with van der Waals surface area (Å²) in [6.07, 6.45) is 1.66. The minimum Gasteiger partial charge on any atom is -0.281 e. The second-order valence-electron chi connectivity index (χ2n) is 6.68. The number of likely N-dealkylation sites (tertiary alicyclic amines) is 1. The second kappa shape index (κ2) is 4.88. The van der Waals surface area contributed by atoms with Gasteiger partial charge >= 0.3 is 5.66 Å². The Morgan fingerprint density at radius 2 is 1.86 bits per heavy atom. The summed E-state index contributed by atoms with van der Waals surface area (Å²) in [6.45, 7) is 6.82. The third-order valence-electron chi connectivity index (χ3n) is 4.17. The molecule has 2 aromatic rings. The van der Waals surface area contributed by atoms with Crippen LogP contribution < -0.4 is 0 Å². The van der Waals surface area contributed by atoms with E-state index in [9.17, 15) is 10.1 Å². The number of hydrogen-bond acceptors (Lipinski definition) is 5. The molecule has 0 aliphatic carbocycles. The van der Waals surface area contributed by atoms with Crippen molar-refractivity contribution in [2.75, 3.05) is 13.1 Å². The van der Waals surface area contributed by atoms with E-state index in [4.69, 9.17) is 0 Å². The van der Waals surface area contributed by atoms with Crippen LogP contribution in [-0.2, 0) is 5.66 Å². The molecule has 1 aliphatic heterocycles. The molecule has 22 heavy (non-hydrogen) atoms. The number of benzene rings is 1. The molecule has 2 heterocycles. The van der Waals surface area contributed by atoms with Crippen molar-refractivity contribution in [3.8, 4) is 11.3 Å². The molecule has 7 heteroatoms. The van der Waals surface area contributed by atoms with Crippen molar-refractivity contribution in [1.29, 1.82) is 0 Å². The van der Waals surface area contributed by atoms with Crippen molar-refractivity contribution in [3.63, 3.8) is 0 Å². The number of aromatic nitrogens is 3. The van der Waals surface area contributed by atoms with Crippen LogP contribution >= 0.6 is 0 Å². The fourth-order valence-corrected chi connectivity index (χ4v) is 2.59. The minimum absolute atomic E-state index is 0.0949. The second-order valence-corrected chi connectivity index (χ2v) is 6.68. The van der Waals surface area contributed by atoms with Gasteiger partial charge in [0.25, 0.3) is 0 Å². The summed E-state index contributed by atoms with van der Waals surface area (Å²) in [6, 6.07) is 9.55. The van der Waals surface area contributed by atoms with E-state index in [1.807, 2.05) is 51.1 Å². The highest BCUT2D eigenvalue weighted by Gasteiger charge is 2.59. The first-order chi connectivity index (χ1) is 10.3. The van der Waals surface area contributed by atoms with Crippen molar-refractivity contribution in [2.45, 2.75) is 32.0 Å². The predicted molar refractivity (Wildman–Crippen MR) is 81.8 cm³/mol. The van der Waals surface area contributed by atoms with Gasteiger partial charge in [-0.15, -0.1) is 5.10 Å². The van der Waals surface area contributed by atoms with E-state index in [-0.39, 0.29) is 10.5 Å². The van der Waals surface area contributed by atoms with Crippen LogP contribution in [0, 0.1) is 10.1 Å². The first kappa shape index (κ1) is 14.6. The Labute approximate surface area is 128 Å². The lowest BCUT2D eigenvalue weighted by Gasteiger charge is -2.49. The lowest BCUT2D eigenvalue weighted by molar-refractivity contribution is -0.626. The van der Waals surface area contributed by atoms with E-state index in [1.54, 1.807) is 6.20 Å². The zero-order chi connectivity index (χ0) is 16.0. The molecule has 3 rings (SSSR count). The average Bonchev–Trinajstić information content (AvgIpc) is 2.86. The van der Waals surface area contributed by atoms with Gasteiger partial charge in [0.15, 0.2) is 0 Å². The lowest BCUT2D eigenvalue weighted by Crippen LogP contribution is -2.70. The van der Waals surface area contributed by atoms with Gasteiger partial charge in [0.2, 0.25) is 0 Å². The van der Waals surface area contributed by atoms with Gasteiger partial charge < -0.3 is 0 Å². The van der Waals surface area contributed by atoms with Crippen LogP contribution in [0.15, 0.2) is 36.5 Å². The Hall–Kier alpha value is -2.28. The number of hydrogen-bond donors (Lipinski definition) is 0. The highest BCUT2D eigenvalue weighted by molar-refractivity contribution is 5.57. The van der Waals surface area contributed by atoms with Crippen molar-refractivity contribution >= 4 is 0 Å². The van der Waals surface area contributed by atoms with Crippen LogP contribution in [0.3, 0.4) is 0 Å². The molecule has 0 radical (unpaired) electrons. The zero-order valence-corrected chi connectivity index (χ0v) is 12.9. The molecule has 0 bridgehead atoms. The fourth-order valence-electron chi connectivity index (χ4n) is 2.59. The molecule has 116 valence electrons. The Kier molecular flexibility index (Phi) is 3.25. The molecule has 1 aliphatic rings. The maximum absolute atomic E-state index is 11.6. The number of rotatable bonds is 3. The van der Waals surface area contributed by atoms with E-state index in [0.717, 1.165) is 5.56 Å². The van der Waals surface area contributed by atoms with Gasteiger partial charge in [0.05, 0.1) is 24.2 Å². The number of nitro groups is 1. The largest absolute Gasteiger partial charge is 0.340 e. The Morgan fingerprint density at radius 3 is 2.41 bits per heavy atom. The fraction of sp³-hybridized carbons (Fsp3) is 0.467. The van der Waals surface area contributed by atoms with E-state index >= 15 is 0 Å². The van der Waals surface area contributed by atoms with E-state index in [2.05, 4.69) is 15.2 Å². The van der Waals surface area contributed by atoms with Crippen LogP contribution in [0.1, 0.15) is 20.8 Å². The molecule has 0 N–H and O–H groups in total. The van der Waals surface area contributed by atoms with Crippen molar-refractivity contribution < 1.29 is 4.92 Å². The topological polar surface area (TPSA) is 77.1 Å². The molecule has 0 saturated carbocycles. The molecule has 0 unspecified atom stereocenters. The van der Waals surface area contributed by atoms with Crippen LogP contribution in [0.5, 0.6) is 0 Å². The third kappa shape index (κ3) is 2.27. The summed E-state index contributed by atoms with van der Waals surface area (Å²) in [5, 5.41) is 19.7. The Balaban J connectivity index is 1.89. The highest BCUT2D eigenvalue weighted by Crippen LogP contribution is 2.35. The number of nitrogens with zero attached hydrogens (tertiary/aromatic N) is 5. The minimum atomic E-state index is -1.21. The van der Waals surface area contributed by atoms with Gasteiger partial charge in [-0.25, -0.2) is 0 Å². The molecule has 0 spiro atoms. The summed E-state index contributed by atoms with van der Waals surface area (Å²) in [7, 11) is 0. The van der Waals surface area contributed by atoms with Gasteiger partial charge in [-0.1, -0.05) is 35.5 Å². The van der Waals surface area contributed by atoms with Gasteiger partial charge in [0.1, 0.15) is 5.69 Å². The third-order valence-corrected chi connectivity index (χ3v) is 4.17. The highest BCUT2D eigenvalue weighted by atomic mass is 16.6.